The van der Waals surface area contributed by atoms with Gasteiger partial charge in [0, 0.05) is 12.4 Å². The van der Waals surface area contributed by atoms with Gasteiger partial charge in [0.15, 0.2) is 0 Å². The molecule has 2 heteroatoms. The Bertz CT molecular complexity index is 710. The molecule has 0 fully saturated rings. The van der Waals surface area contributed by atoms with Crippen LogP contribution < -0.4 is 0 Å². The molecule has 3 aromatic rings. The third-order valence-corrected chi connectivity index (χ3v) is 3.15. The Balaban J connectivity index is 1.75. The van der Waals surface area contributed by atoms with Crippen LogP contribution in [0.4, 0.5) is 11.4 Å². The van der Waals surface area contributed by atoms with Gasteiger partial charge in [-0.2, -0.15) is 0 Å². The SMILES string of the molecule is C(=Nc1ccccc1)c1cccc(C=Nc2ccccc2)c1. The quantitative estimate of drug-likeness (QED) is 0.589. The van der Waals surface area contributed by atoms with E-state index >= 15 is 0 Å². The summed E-state index contributed by atoms with van der Waals surface area (Å²) in [6, 6.07) is 28.0. The van der Waals surface area contributed by atoms with Crippen molar-refractivity contribution < 1.29 is 0 Å². The minimum atomic E-state index is 0.950. The van der Waals surface area contributed by atoms with Crippen LogP contribution in [0.15, 0.2) is 94.9 Å². The standard InChI is InChI=1S/C20H16N2/c1-3-10-19(11-4-1)21-15-17-8-7-9-18(14-17)16-22-20-12-5-2-6-13-20/h1-16H. The summed E-state index contributed by atoms with van der Waals surface area (Å²) in [5.41, 5.74) is 4.01. The predicted molar refractivity (Wildman–Crippen MR) is 93.8 cm³/mol. The number of hydrogen-bond donors (Lipinski definition) is 0. The number of rotatable bonds is 4. The molecule has 106 valence electrons. The lowest BCUT2D eigenvalue weighted by Gasteiger charge is -1.97. The number of hydrogen-bond acceptors (Lipinski definition) is 2. The van der Waals surface area contributed by atoms with Crippen LogP contribution in [0.25, 0.3) is 0 Å². The molecule has 0 heterocycles. The van der Waals surface area contributed by atoms with E-state index in [9.17, 15) is 0 Å². The monoisotopic (exact) mass is 284 g/mol. The lowest BCUT2D eigenvalue weighted by molar-refractivity contribution is 1.51. The number of aliphatic imine (C=N–C) groups is 2. The molecule has 0 N–H and O–H groups in total. The van der Waals surface area contributed by atoms with Gasteiger partial charge in [-0.15, -0.1) is 0 Å². The third kappa shape index (κ3) is 4.00. The zero-order valence-electron chi connectivity index (χ0n) is 12.1. The summed E-state index contributed by atoms with van der Waals surface area (Å²) in [6.45, 7) is 0. The lowest BCUT2D eigenvalue weighted by atomic mass is 10.1. The minimum Gasteiger partial charge on any atom is -0.256 e. The zero-order chi connectivity index (χ0) is 15.0. The molecule has 0 aromatic heterocycles. The Morgan fingerprint density at radius 2 is 0.955 bits per heavy atom. The van der Waals surface area contributed by atoms with Crippen LogP contribution in [0.3, 0.4) is 0 Å². The fourth-order valence-corrected chi connectivity index (χ4v) is 2.05. The minimum absolute atomic E-state index is 0.950. The Kier molecular flexibility index (Phi) is 4.53. The van der Waals surface area contributed by atoms with Gasteiger partial charge in [0.1, 0.15) is 0 Å². The first-order valence-electron chi connectivity index (χ1n) is 7.18. The molecule has 0 spiro atoms. The second-order valence-corrected chi connectivity index (χ2v) is 4.86. The molecule has 0 amide bonds. The van der Waals surface area contributed by atoms with Gasteiger partial charge in [0.25, 0.3) is 0 Å². The molecule has 0 unspecified atom stereocenters. The Morgan fingerprint density at radius 3 is 1.41 bits per heavy atom. The molecule has 0 atom stereocenters. The summed E-state index contributed by atoms with van der Waals surface area (Å²) >= 11 is 0. The molecule has 0 saturated carbocycles. The van der Waals surface area contributed by atoms with Crippen LogP contribution in [0.5, 0.6) is 0 Å². The highest BCUT2D eigenvalue weighted by Crippen LogP contribution is 2.12. The van der Waals surface area contributed by atoms with Crippen molar-refractivity contribution in [2.45, 2.75) is 0 Å². The highest BCUT2D eigenvalue weighted by Gasteiger charge is 1.92. The van der Waals surface area contributed by atoms with Crippen LogP contribution in [-0.4, -0.2) is 12.4 Å². The van der Waals surface area contributed by atoms with Crippen molar-refractivity contribution in [1.29, 1.82) is 0 Å². The highest BCUT2D eigenvalue weighted by atomic mass is 14.7. The van der Waals surface area contributed by atoms with Crippen LogP contribution >= 0.6 is 0 Å². The molecule has 0 radical (unpaired) electrons. The van der Waals surface area contributed by atoms with Gasteiger partial charge < -0.3 is 0 Å². The van der Waals surface area contributed by atoms with E-state index in [1.807, 2.05) is 91.3 Å². The normalized spacial score (nSPS) is 11.3. The van der Waals surface area contributed by atoms with Crippen molar-refractivity contribution >= 4 is 23.8 Å². The molecular weight excluding hydrogens is 268 g/mol. The molecule has 3 aromatic carbocycles. The third-order valence-electron chi connectivity index (χ3n) is 3.15. The predicted octanol–water partition coefficient (Wildman–Crippen LogP) is 5.19. The molecular formula is C20H16N2. The maximum atomic E-state index is 4.47. The van der Waals surface area contributed by atoms with E-state index in [-0.39, 0.29) is 0 Å². The van der Waals surface area contributed by atoms with Crippen LogP contribution in [0, 0.1) is 0 Å². The van der Waals surface area contributed by atoms with Crippen molar-refractivity contribution in [2.24, 2.45) is 9.98 Å². The first-order chi connectivity index (χ1) is 10.9. The van der Waals surface area contributed by atoms with Crippen molar-refractivity contribution in [1.82, 2.24) is 0 Å². The second-order valence-electron chi connectivity index (χ2n) is 4.86. The van der Waals surface area contributed by atoms with E-state index in [2.05, 4.69) is 16.1 Å². The molecule has 22 heavy (non-hydrogen) atoms. The van der Waals surface area contributed by atoms with Crippen molar-refractivity contribution in [2.75, 3.05) is 0 Å². The number of para-hydroxylation sites is 2. The van der Waals surface area contributed by atoms with Crippen molar-refractivity contribution in [3.05, 3.63) is 96.1 Å². The van der Waals surface area contributed by atoms with E-state index in [1.165, 1.54) is 0 Å². The Labute approximate surface area is 130 Å². The summed E-state index contributed by atoms with van der Waals surface area (Å²) in [6.07, 6.45) is 3.74. The van der Waals surface area contributed by atoms with Gasteiger partial charge in [0.05, 0.1) is 11.4 Å². The summed E-state index contributed by atoms with van der Waals surface area (Å²) in [4.78, 5) is 8.93. The average molecular weight is 284 g/mol. The Morgan fingerprint density at radius 1 is 0.500 bits per heavy atom. The molecule has 3 rings (SSSR count). The van der Waals surface area contributed by atoms with Crippen molar-refractivity contribution in [3.8, 4) is 0 Å². The summed E-state index contributed by atoms with van der Waals surface area (Å²) < 4.78 is 0. The van der Waals surface area contributed by atoms with Crippen molar-refractivity contribution in [3.63, 3.8) is 0 Å². The number of benzene rings is 3. The van der Waals surface area contributed by atoms with Gasteiger partial charge in [0.2, 0.25) is 0 Å². The molecule has 0 aliphatic heterocycles. The summed E-state index contributed by atoms with van der Waals surface area (Å²) in [5.74, 6) is 0. The van der Waals surface area contributed by atoms with Crippen LogP contribution in [0.2, 0.25) is 0 Å². The van der Waals surface area contributed by atoms with E-state index in [0.717, 1.165) is 22.5 Å². The number of nitrogens with zero attached hydrogens (tertiary/aromatic N) is 2. The zero-order valence-corrected chi connectivity index (χ0v) is 12.1. The first kappa shape index (κ1) is 14.0. The molecule has 0 aliphatic carbocycles. The van der Waals surface area contributed by atoms with Gasteiger partial charge in [-0.3, -0.25) is 9.98 Å². The summed E-state index contributed by atoms with van der Waals surface area (Å²) in [5, 5.41) is 0. The molecule has 0 saturated heterocycles. The molecule has 0 bridgehead atoms. The van der Waals surface area contributed by atoms with E-state index < -0.39 is 0 Å². The smallest absolute Gasteiger partial charge is 0.0629 e. The van der Waals surface area contributed by atoms with E-state index in [1.54, 1.807) is 0 Å². The topological polar surface area (TPSA) is 24.7 Å². The maximum Gasteiger partial charge on any atom is 0.0629 e. The molecule has 0 aliphatic rings. The van der Waals surface area contributed by atoms with Gasteiger partial charge in [-0.05, 0) is 41.5 Å². The second kappa shape index (κ2) is 7.14. The lowest BCUT2D eigenvalue weighted by Crippen LogP contribution is -1.85. The fraction of sp³-hybridized carbons (Fsp3) is 0. The van der Waals surface area contributed by atoms with E-state index in [4.69, 9.17) is 0 Å². The van der Waals surface area contributed by atoms with Gasteiger partial charge >= 0.3 is 0 Å². The van der Waals surface area contributed by atoms with Gasteiger partial charge in [-0.1, -0.05) is 54.6 Å². The van der Waals surface area contributed by atoms with Crippen LogP contribution in [0.1, 0.15) is 11.1 Å². The fourth-order valence-electron chi connectivity index (χ4n) is 2.05. The van der Waals surface area contributed by atoms with Crippen LogP contribution in [-0.2, 0) is 0 Å². The average Bonchev–Trinajstić information content (AvgIpc) is 2.60. The Hall–Kier alpha value is -3.00. The highest BCUT2D eigenvalue weighted by molar-refractivity contribution is 5.88. The largest absolute Gasteiger partial charge is 0.256 e. The first-order valence-corrected chi connectivity index (χ1v) is 7.18. The maximum absolute atomic E-state index is 4.47. The summed E-state index contributed by atoms with van der Waals surface area (Å²) in [7, 11) is 0. The molecule has 2 nitrogen and oxygen atoms in total. The van der Waals surface area contributed by atoms with E-state index in [0.29, 0.717) is 0 Å². The van der Waals surface area contributed by atoms with Gasteiger partial charge in [-0.25, -0.2) is 0 Å².